The van der Waals surface area contributed by atoms with E-state index in [1.54, 1.807) is 0 Å². The summed E-state index contributed by atoms with van der Waals surface area (Å²) in [5.74, 6) is -0.139. The number of amides is 3. The van der Waals surface area contributed by atoms with Gasteiger partial charge in [-0.25, -0.2) is 0 Å². The van der Waals surface area contributed by atoms with Gasteiger partial charge in [0.05, 0.1) is 6.42 Å². The van der Waals surface area contributed by atoms with E-state index in [2.05, 4.69) is 28.6 Å². The summed E-state index contributed by atoms with van der Waals surface area (Å²) in [5, 5.41) is 7.61. The van der Waals surface area contributed by atoms with Gasteiger partial charge in [0.25, 0.3) is 0 Å². The van der Waals surface area contributed by atoms with Crippen molar-refractivity contribution in [2.24, 2.45) is 5.73 Å². The van der Waals surface area contributed by atoms with Crippen molar-refractivity contribution in [1.82, 2.24) is 16.0 Å². The van der Waals surface area contributed by atoms with Crippen molar-refractivity contribution in [1.29, 1.82) is 0 Å². The lowest BCUT2D eigenvalue weighted by Gasteiger charge is -2.17. The molecule has 0 heterocycles. The number of hydrogen-bond donors (Lipinski definition) is 5. The Hall–Kier alpha value is -1.28. The lowest BCUT2D eigenvalue weighted by atomic mass is 10.1. The summed E-state index contributed by atoms with van der Waals surface area (Å²) in [4.78, 5) is 35.1. The van der Waals surface area contributed by atoms with Gasteiger partial charge in [-0.15, -0.1) is 0 Å². The Labute approximate surface area is 131 Å². The maximum atomic E-state index is 11.9. The number of carbonyl (C=O) groups excluding carboxylic acids is 3. The van der Waals surface area contributed by atoms with Gasteiger partial charge in [0.2, 0.25) is 17.7 Å². The molecule has 0 rings (SSSR count). The van der Waals surface area contributed by atoms with E-state index in [1.165, 1.54) is 7.05 Å². The Kier molecular flexibility index (Phi) is 11.7. The molecule has 0 fully saturated rings. The molecule has 0 saturated heterocycles. The smallest absolute Gasteiger partial charge is 0.243 e. The van der Waals surface area contributed by atoms with Gasteiger partial charge >= 0.3 is 0 Å². The third-order valence-electron chi connectivity index (χ3n) is 2.83. The zero-order valence-electron chi connectivity index (χ0n) is 12.5. The monoisotopic (exact) mass is 318 g/mol. The number of carbonyl (C=O) groups is 3. The van der Waals surface area contributed by atoms with E-state index in [9.17, 15) is 14.4 Å². The first-order valence-electron chi connectivity index (χ1n) is 7.13. The Morgan fingerprint density at radius 1 is 1.14 bits per heavy atom. The molecule has 0 aliphatic heterocycles. The molecule has 0 aromatic heterocycles. The number of nitrogens with two attached hydrogens (primary N) is 1. The summed E-state index contributed by atoms with van der Waals surface area (Å²) in [5.41, 5.74) is 5.31. The van der Waals surface area contributed by atoms with E-state index in [1.807, 2.05) is 0 Å². The van der Waals surface area contributed by atoms with Crippen LogP contribution in [0.3, 0.4) is 0 Å². The fraction of sp³-hybridized carbons (Fsp3) is 0.769. The Bertz CT molecular complexity index is 339. The molecule has 0 saturated carbocycles. The Morgan fingerprint density at radius 2 is 1.86 bits per heavy atom. The van der Waals surface area contributed by atoms with E-state index < -0.39 is 11.9 Å². The lowest BCUT2D eigenvalue weighted by molar-refractivity contribution is -0.131. The maximum Gasteiger partial charge on any atom is 0.243 e. The topological polar surface area (TPSA) is 113 Å². The minimum Gasteiger partial charge on any atom is -0.359 e. The molecule has 0 bridgehead atoms. The molecule has 0 spiro atoms. The van der Waals surface area contributed by atoms with Crippen molar-refractivity contribution < 1.29 is 14.4 Å². The Balaban J connectivity index is 4.33. The van der Waals surface area contributed by atoms with E-state index in [0.29, 0.717) is 19.5 Å². The summed E-state index contributed by atoms with van der Waals surface area (Å²) in [6, 6.07) is -0.867. The van der Waals surface area contributed by atoms with Crippen LogP contribution in [0.4, 0.5) is 0 Å². The molecular weight excluding hydrogens is 292 g/mol. The van der Waals surface area contributed by atoms with Crippen LogP contribution in [0.1, 0.15) is 32.1 Å². The molecule has 122 valence electrons. The normalized spacial score (nSPS) is 11.6. The van der Waals surface area contributed by atoms with E-state index in [4.69, 9.17) is 5.73 Å². The van der Waals surface area contributed by atoms with Gasteiger partial charge in [-0.1, -0.05) is 6.42 Å². The zero-order chi connectivity index (χ0) is 16.1. The van der Waals surface area contributed by atoms with Crippen molar-refractivity contribution in [3.8, 4) is 0 Å². The number of hydrogen-bond acceptors (Lipinski definition) is 5. The average Bonchev–Trinajstić information content (AvgIpc) is 2.48. The molecule has 1 unspecified atom stereocenters. The second-order valence-corrected chi connectivity index (χ2v) is 5.06. The lowest BCUT2D eigenvalue weighted by Crippen LogP contribution is -2.49. The number of rotatable bonds is 11. The van der Waals surface area contributed by atoms with E-state index >= 15 is 0 Å². The van der Waals surface area contributed by atoms with Crippen LogP contribution in [0.15, 0.2) is 0 Å². The van der Waals surface area contributed by atoms with Gasteiger partial charge in [0.15, 0.2) is 0 Å². The number of thiol groups is 1. The van der Waals surface area contributed by atoms with Crippen LogP contribution in [0, 0.1) is 0 Å². The molecule has 8 heteroatoms. The van der Waals surface area contributed by atoms with Crippen LogP contribution < -0.4 is 21.7 Å². The molecular formula is C13H26N4O3S. The third kappa shape index (κ3) is 10.1. The molecule has 5 N–H and O–H groups in total. The van der Waals surface area contributed by atoms with Gasteiger partial charge in [-0.3, -0.25) is 14.4 Å². The van der Waals surface area contributed by atoms with Crippen molar-refractivity contribution in [3.63, 3.8) is 0 Å². The van der Waals surface area contributed by atoms with Gasteiger partial charge in [-0.2, -0.15) is 12.6 Å². The molecule has 0 aliphatic rings. The largest absolute Gasteiger partial charge is 0.359 e. The quantitative estimate of drug-likeness (QED) is 0.253. The van der Waals surface area contributed by atoms with Crippen molar-refractivity contribution in [3.05, 3.63) is 0 Å². The summed E-state index contributed by atoms with van der Waals surface area (Å²) < 4.78 is 0. The van der Waals surface area contributed by atoms with Crippen molar-refractivity contribution >= 4 is 30.4 Å². The first-order valence-corrected chi connectivity index (χ1v) is 7.77. The molecule has 0 aromatic carbocycles. The number of nitrogens with one attached hydrogen (secondary N) is 3. The van der Waals surface area contributed by atoms with Gasteiger partial charge in [0.1, 0.15) is 6.04 Å². The van der Waals surface area contributed by atoms with Gasteiger partial charge in [0, 0.05) is 26.6 Å². The van der Waals surface area contributed by atoms with Crippen LogP contribution >= 0.6 is 12.6 Å². The van der Waals surface area contributed by atoms with Crippen LogP contribution in [0.2, 0.25) is 0 Å². The molecule has 1 atom stereocenters. The molecule has 21 heavy (non-hydrogen) atoms. The summed E-state index contributed by atoms with van der Waals surface area (Å²) in [6.07, 6.45) is 2.85. The summed E-state index contributed by atoms with van der Waals surface area (Å²) in [6.45, 7) is 0.608. The molecule has 3 amide bonds. The Morgan fingerprint density at radius 3 is 2.43 bits per heavy atom. The van der Waals surface area contributed by atoms with Crippen LogP contribution in [-0.2, 0) is 14.4 Å². The SMILES string of the molecule is CNC(=O)CC(NC(=O)CCCCCS)C(=O)NCCN. The second kappa shape index (κ2) is 12.5. The standard InChI is InChI=1S/C13H26N4O3S/c1-15-12(19)9-10(13(20)16-7-6-14)17-11(18)5-3-2-4-8-21/h10,21H,2-9,14H2,1H3,(H,15,19)(H,16,20)(H,17,18). The highest BCUT2D eigenvalue weighted by molar-refractivity contribution is 7.80. The zero-order valence-corrected chi connectivity index (χ0v) is 13.4. The maximum absolute atomic E-state index is 11.9. The second-order valence-electron chi connectivity index (χ2n) is 4.61. The van der Waals surface area contributed by atoms with E-state index in [-0.39, 0.29) is 18.2 Å². The van der Waals surface area contributed by atoms with Crippen LogP contribution in [0.25, 0.3) is 0 Å². The van der Waals surface area contributed by atoms with Crippen molar-refractivity contribution in [2.45, 2.75) is 38.1 Å². The minimum absolute atomic E-state index is 0.0880. The molecule has 0 aliphatic carbocycles. The molecule has 0 aromatic rings. The summed E-state index contributed by atoms with van der Waals surface area (Å²) in [7, 11) is 1.48. The number of unbranched alkanes of at least 4 members (excludes halogenated alkanes) is 2. The van der Waals surface area contributed by atoms with E-state index in [0.717, 1.165) is 25.0 Å². The van der Waals surface area contributed by atoms with Gasteiger partial charge in [-0.05, 0) is 18.6 Å². The first kappa shape index (κ1) is 19.7. The highest BCUT2D eigenvalue weighted by Crippen LogP contribution is 2.02. The summed E-state index contributed by atoms with van der Waals surface area (Å²) >= 11 is 4.10. The fourth-order valence-corrected chi connectivity index (χ4v) is 1.88. The van der Waals surface area contributed by atoms with Gasteiger partial charge < -0.3 is 21.7 Å². The third-order valence-corrected chi connectivity index (χ3v) is 3.14. The fourth-order valence-electron chi connectivity index (χ4n) is 1.66. The average molecular weight is 318 g/mol. The predicted octanol–water partition coefficient (Wildman–Crippen LogP) is -0.828. The van der Waals surface area contributed by atoms with Crippen molar-refractivity contribution in [2.75, 3.05) is 25.9 Å². The highest BCUT2D eigenvalue weighted by Gasteiger charge is 2.22. The van der Waals surface area contributed by atoms with Crippen LogP contribution in [-0.4, -0.2) is 49.7 Å². The molecule has 7 nitrogen and oxygen atoms in total. The first-order chi connectivity index (χ1) is 10.0. The highest BCUT2D eigenvalue weighted by atomic mass is 32.1. The van der Waals surface area contributed by atoms with Crippen LogP contribution in [0.5, 0.6) is 0 Å². The predicted molar refractivity (Wildman–Crippen MR) is 85.0 cm³/mol. The minimum atomic E-state index is -0.867. The molecule has 0 radical (unpaired) electrons.